The number of unbranched alkanes of at least 4 members (excludes halogenated alkanes) is 1. The van der Waals surface area contributed by atoms with Crippen molar-refractivity contribution >= 4 is 11.9 Å². The summed E-state index contributed by atoms with van der Waals surface area (Å²) in [7, 11) is 0. The maximum atomic E-state index is 12.9. The fourth-order valence-electron chi connectivity index (χ4n) is 5.12. The molecule has 2 aromatic carbocycles. The second kappa shape index (κ2) is 18.8. The van der Waals surface area contributed by atoms with Gasteiger partial charge in [-0.2, -0.15) is 13.2 Å². The number of halogens is 3. The van der Waals surface area contributed by atoms with E-state index in [2.05, 4.69) is 10.2 Å². The summed E-state index contributed by atoms with van der Waals surface area (Å²) in [5.74, 6) is -1.83. The Kier molecular flexibility index (Phi) is 14.8. The van der Waals surface area contributed by atoms with Crippen LogP contribution in [0.15, 0.2) is 72.8 Å². The minimum absolute atomic E-state index is 0.0445. The van der Waals surface area contributed by atoms with Gasteiger partial charge in [-0.25, -0.2) is 0 Å². The lowest BCUT2D eigenvalue weighted by atomic mass is 9.89. The van der Waals surface area contributed by atoms with Gasteiger partial charge in [0.05, 0.1) is 17.8 Å². The smallest absolute Gasteiger partial charge is 0.416 e. The fourth-order valence-corrected chi connectivity index (χ4v) is 5.12. The number of nitrogens with zero attached hydrogens (tertiary/aromatic N) is 1. The molecule has 1 aliphatic rings. The van der Waals surface area contributed by atoms with Gasteiger partial charge in [0.25, 0.3) is 5.09 Å². The van der Waals surface area contributed by atoms with Gasteiger partial charge < -0.3 is 34.9 Å². The van der Waals surface area contributed by atoms with Crippen molar-refractivity contribution in [3.8, 4) is 5.75 Å². The first-order valence-corrected chi connectivity index (χ1v) is 15.3. The number of carbonyl (C=O) groups excluding carboxylic acids is 2. The fraction of sp³-hybridized carbons (Fsp3) is 0.455. The van der Waals surface area contributed by atoms with E-state index < -0.39 is 47.0 Å². The number of carbonyl (C=O) groups is 2. The number of esters is 1. The Hall–Kier alpha value is -4.47. The van der Waals surface area contributed by atoms with Gasteiger partial charge in [-0.15, -0.1) is 10.1 Å². The van der Waals surface area contributed by atoms with E-state index in [1.54, 1.807) is 30.3 Å². The number of alkyl halides is 3. The molecule has 3 rings (SSSR count). The van der Waals surface area contributed by atoms with Crippen LogP contribution in [0.4, 0.5) is 13.2 Å². The largest absolute Gasteiger partial charge is 0.491 e. The molecule has 48 heavy (non-hydrogen) atoms. The zero-order valence-electron chi connectivity index (χ0n) is 26.0. The Morgan fingerprint density at radius 1 is 1.06 bits per heavy atom. The summed E-state index contributed by atoms with van der Waals surface area (Å²) in [6.07, 6.45) is 1.13. The topological polar surface area (TPSA) is 178 Å². The van der Waals surface area contributed by atoms with Crippen LogP contribution in [-0.4, -0.2) is 63.7 Å². The minimum Gasteiger partial charge on any atom is -0.491 e. The van der Waals surface area contributed by atoms with Crippen LogP contribution in [0, 0.1) is 22.0 Å². The van der Waals surface area contributed by atoms with Crippen LogP contribution < -0.4 is 10.1 Å². The number of aliphatic hydroxyl groups excluding tert-OH is 3. The lowest BCUT2D eigenvalue weighted by Crippen LogP contribution is -2.30. The highest BCUT2D eigenvalue weighted by Gasteiger charge is 2.39. The highest BCUT2D eigenvalue weighted by Crippen LogP contribution is 2.36. The number of benzene rings is 2. The van der Waals surface area contributed by atoms with Crippen LogP contribution in [0.5, 0.6) is 5.75 Å². The number of amides is 1. The van der Waals surface area contributed by atoms with E-state index in [9.17, 15) is 48.2 Å². The summed E-state index contributed by atoms with van der Waals surface area (Å²) in [5, 5.41) is 43.1. The molecule has 12 nitrogen and oxygen atoms in total. The molecule has 2 aromatic rings. The molecule has 0 unspecified atom stereocenters. The third-order valence-electron chi connectivity index (χ3n) is 7.56. The summed E-state index contributed by atoms with van der Waals surface area (Å²) in [5.41, 5.74) is 0.274. The molecule has 0 bridgehead atoms. The Bertz CT molecular complexity index is 1420. The van der Waals surface area contributed by atoms with Crippen LogP contribution >= 0.6 is 0 Å². The molecule has 1 amide bonds. The highest BCUT2D eigenvalue weighted by molar-refractivity contribution is 5.81. The lowest BCUT2D eigenvalue weighted by Gasteiger charge is -2.19. The van der Waals surface area contributed by atoms with Gasteiger partial charge in [-0.05, 0) is 54.5 Å². The van der Waals surface area contributed by atoms with Crippen LogP contribution in [0.2, 0.25) is 0 Å². The first-order chi connectivity index (χ1) is 22.8. The molecule has 0 aromatic heterocycles. The van der Waals surface area contributed by atoms with Crippen LogP contribution in [0.25, 0.3) is 0 Å². The first-order valence-electron chi connectivity index (χ1n) is 15.3. The average molecular weight is 681 g/mol. The number of hydrogen-bond acceptors (Lipinski definition) is 10. The van der Waals surface area contributed by atoms with Gasteiger partial charge in [0.15, 0.2) is 0 Å². The van der Waals surface area contributed by atoms with E-state index in [1.807, 2.05) is 12.2 Å². The average Bonchev–Trinajstić information content (AvgIpc) is 3.32. The van der Waals surface area contributed by atoms with Crippen molar-refractivity contribution in [3.05, 3.63) is 99.6 Å². The molecule has 1 fully saturated rings. The van der Waals surface area contributed by atoms with Crippen molar-refractivity contribution in [1.29, 1.82) is 0 Å². The molecular formula is C33H39F3N2O10. The van der Waals surface area contributed by atoms with E-state index in [-0.39, 0.29) is 56.8 Å². The van der Waals surface area contributed by atoms with E-state index in [4.69, 9.17) is 9.47 Å². The molecule has 1 aliphatic carbocycles. The molecule has 1 saturated carbocycles. The van der Waals surface area contributed by atoms with Crippen molar-refractivity contribution in [1.82, 2.24) is 5.32 Å². The van der Waals surface area contributed by atoms with Crippen LogP contribution in [0.3, 0.4) is 0 Å². The number of aliphatic hydroxyl groups is 3. The molecule has 0 aliphatic heterocycles. The predicted octanol–water partition coefficient (Wildman–Crippen LogP) is 4.04. The molecule has 4 N–H and O–H groups in total. The van der Waals surface area contributed by atoms with E-state index in [0.717, 1.165) is 12.1 Å². The van der Waals surface area contributed by atoms with E-state index in [1.165, 1.54) is 18.2 Å². The number of rotatable bonds is 18. The quantitative estimate of drug-likeness (QED) is 0.0591. The van der Waals surface area contributed by atoms with Gasteiger partial charge in [0, 0.05) is 18.8 Å². The van der Waals surface area contributed by atoms with Gasteiger partial charge in [0.1, 0.15) is 38.2 Å². The second-order valence-corrected chi connectivity index (χ2v) is 11.3. The van der Waals surface area contributed by atoms with Gasteiger partial charge in [-0.1, -0.05) is 54.6 Å². The van der Waals surface area contributed by atoms with Crippen LogP contribution in [0.1, 0.15) is 48.8 Å². The maximum Gasteiger partial charge on any atom is 0.416 e. The Labute approximate surface area is 274 Å². The van der Waals surface area contributed by atoms with E-state index in [0.29, 0.717) is 30.4 Å². The van der Waals surface area contributed by atoms with Gasteiger partial charge in [0.2, 0.25) is 5.91 Å². The second-order valence-electron chi connectivity index (χ2n) is 11.3. The number of allylic oxidation sites excluding steroid dienone is 2. The zero-order valence-corrected chi connectivity index (χ0v) is 26.0. The highest BCUT2D eigenvalue weighted by atomic mass is 19.4. The molecule has 5 atom stereocenters. The molecule has 0 heterocycles. The Morgan fingerprint density at radius 2 is 1.79 bits per heavy atom. The Morgan fingerprint density at radius 3 is 2.52 bits per heavy atom. The molecular weight excluding hydrogens is 641 g/mol. The van der Waals surface area contributed by atoms with Gasteiger partial charge in [-0.3, -0.25) is 9.59 Å². The third-order valence-corrected chi connectivity index (χ3v) is 7.56. The predicted molar refractivity (Wildman–Crippen MR) is 164 cm³/mol. The maximum absolute atomic E-state index is 12.9. The summed E-state index contributed by atoms with van der Waals surface area (Å²) < 4.78 is 49.1. The van der Waals surface area contributed by atoms with Crippen molar-refractivity contribution in [3.63, 3.8) is 0 Å². The number of ether oxygens (including phenoxy) is 2. The van der Waals surface area contributed by atoms with Crippen molar-refractivity contribution in [2.75, 3.05) is 13.2 Å². The first kappa shape index (κ1) is 38.0. The van der Waals surface area contributed by atoms with Crippen LogP contribution in [-0.2, 0) is 38.6 Å². The molecule has 262 valence electrons. The summed E-state index contributed by atoms with van der Waals surface area (Å²) in [6.45, 7) is -0.928. The van der Waals surface area contributed by atoms with Crippen molar-refractivity contribution in [2.45, 2.75) is 69.8 Å². The summed E-state index contributed by atoms with van der Waals surface area (Å²) in [4.78, 5) is 38.7. The SMILES string of the molecule is O=C(CCCC=CC[C@@H]1[C@@H](C=C[C@@H](O)COc2cccc(C(F)(F)F)c2)[C@H](O)C[C@@H]1O)NCC(=O)OCc1cccc(CO[N+](=O)[O-])c1. The normalized spacial score (nSPS) is 20.1. The van der Waals surface area contributed by atoms with Gasteiger partial charge >= 0.3 is 12.1 Å². The molecule has 0 spiro atoms. The Balaban J connectivity index is 1.33. The van der Waals surface area contributed by atoms with E-state index >= 15 is 0 Å². The summed E-state index contributed by atoms with van der Waals surface area (Å²) in [6, 6.07) is 10.9. The standard InChI is InChI=1S/C33H39F3N2O10/c34-33(35,36)24-9-6-10-26(16-24)46-21-25(39)13-14-28-27(29(40)17-30(28)41)11-3-1-2-4-12-31(42)37-18-32(43)47-19-22-7-5-8-23(15-22)20-48-38(44)45/h1,3,5-10,13-16,25,27-30,39-41H,2,4,11-12,17-21H2,(H,37,42)/t25-,27-,28-,29+,30-/m1/s1. The molecule has 15 heteroatoms. The minimum atomic E-state index is -4.52. The van der Waals surface area contributed by atoms with Crippen molar-refractivity contribution < 1.29 is 57.5 Å². The number of hydrogen-bond donors (Lipinski definition) is 4. The lowest BCUT2D eigenvalue weighted by molar-refractivity contribution is -0.763. The third kappa shape index (κ3) is 13.3. The zero-order chi connectivity index (χ0) is 35.1. The monoisotopic (exact) mass is 680 g/mol. The number of nitrogens with one attached hydrogen (secondary N) is 1. The molecule has 0 radical (unpaired) electrons. The summed E-state index contributed by atoms with van der Waals surface area (Å²) >= 11 is 0. The van der Waals surface area contributed by atoms with Crippen molar-refractivity contribution in [2.24, 2.45) is 11.8 Å². The molecule has 0 saturated heterocycles.